The van der Waals surface area contributed by atoms with E-state index in [1.165, 1.54) is 33.4 Å². The van der Waals surface area contributed by atoms with Crippen LogP contribution in [0.15, 0.2) is 46.4 Å². The predicted octanol–water partition coefficient (Wildman–Crippen LogP) is 8.06. The largest absolute Gasteiger partial charge is 2.00 e. The molecule has 178 valence electrons. The summed E-state index contributed by atoms with van der Waals surface area (Å²) in [6.45, 7) is 16.9. The molecule has 0 saturated heterocycles. The summed E-state index contributed by atoms with van der Waals surface area (Å²) < 4.78 is 2.19. The first kappa shape index (κ1) is 30.6. The Morgan fingerprint density at radius 3 is 1.15 bits per heavy atom. The van der Waals surface area contributed by atoms with Crippen molar-refractivity contribution in [3.63, 3.8) is 0 Å². The number of aryl methyl sites for hydroxylation is 6. The summed E-state index contributed by atoms with van der Waals surface area (Å²) in [6.07, 6.45) is 0. The van der Waals surface area contributed by atoms with Crippen LogP contribution >= 0.6 is 0 Å². The fourth-order valence-corrected chi connectivity index (χ4v) is 4.39. The molecule has 0 aliphatic carbocycles. The number of hydrogen-bond acceptors (Lipinski definition) is 2. The molecule has 3 nitrogen and oxygen atoms in total. The molecule has 0 spiro atoms. The predicted molar refractivity (Wildman–Crippen MR) is 143 cm³/mol. The SMILES string of the molecule is CC(=Nc1c(C)cc(C)cc1C)c1ccc(C(C)=Nc2c(C)cc(C)cc2C)n1C.[CH3-].[CH3-].[Fe+2]. The molecule has 1 heterocycles. The number of aromatic nitrogens is 1. The molecule has 0 amide bonds. The van der Waals surface area contributed by atoms with Crippen molar-refractivity contribution in [2.75, 3.05) is 0 Å². The van der Waals surface area contributed by atoms with Crippen LogP contribution in [0.2, 0.25) is 0 Å². The summed E-state index contributed by atoms with van der Waals surface area (Å²) in [7, 11) is 2.09. The smallest absolute Gasteiger partial charge is 0.358 e. The first-order chi connectivity index (χ1) is 14.1. The molecule has 33 heavy (non-hydrogen) atoms. The van der Waals surface area contributed by atoms with Crippen LogP contribution in [0.1, 0.15) is 58.6 Å². The van der Waals surface area contributed by atoms with E-state index in [9.17, 15) is 0 Å². The Labute approximate surface area is 212 Å². The summed E-state index contributed by atoms with van der Waals surface area (Å²) in [5, 5.41) is 0. The normalized spacial score (nSPS) is 11.4. The third kappa shape index (κ3) is 6.56. The van der Waals surface area contributed by atoms with E-state index in [2.05, 4.69) is 103 Å². The van der Waals surface area contributed by atoms with E-state index in [0.717, 1.165) is 34.2 Å². The molecule has 3 rings (SSSR count). The topological polar surface area (TPSA) is 29.6 Å². The van der Waals surface area contributed by atoms with E-state index in [1.54, 1.807) is 0 Å². The second kappa shape index (κ2) is 12.2. The molecule has 0 N–H and O–H groups in total. The van der Waals surface area contributed by atoms with Crippen LogP contribution in [0.4, 0.5) is 11.4 Å². The van der Waals surface area contributed by atoms with Crippen LogP contribution in [0.5, 0.6) is 0 Å². The van der Waals surface area contributed by atoms with Crippen LogP contribution in [0, 0.1) is 56.4 Å². The maximum absolute atomic E-state index is 4.98. The van der Waals surface area contributed by atoms with Gasteiger partial charge in [0.25, 0.3) is 0 Å². The molecule has 0 fully saturated rings. The van der Waals surface area contributed by atoms with Crippen molar-refractivity contribution in [1.82, 2.24) is 4.57 Å². The second-order valence-corrected chi connectivity index (χ2v) is 8.55. The Morgan fingerprint density at radius 1 is 0.606 bits per heavy atom. The van der Waals surface area contributed by atoms with Gasteiger partial charge in [0.05, 0.1) is 34.2 Å². The van der Waals surface area contributed by atoms with E-state index in [0.29, 0.717) is 0 Å². The molecule has 4 heteroatoms. The Morgan fingerprint density at radius 2 is 0.879 bits per heavy atom. The number of benzene rings is 2. The maximum Gasteiger partial charge on any atom is 2.00 e. The van der Waals surface area contributed by atoms with Gasteiger partial charge in [-0.15, -0.1) is 0 Å². The monoisotopic (exact) mass is 485 g/mol. The van der Waals surface area contributed by atoms with Gasteiger partial charge in [-0.25, -0.2) is 0 Å². The average Bonchev–Trinajstić information content (AvgIpc) is 3.02. The molecule has 1 aromatic heterocycles. The standard InChI is InChI=1S/C27H33N3.2CH3.Fe/c1-16-12-18(3)26(19(4)13-16)28-22(7)24-10-11-25(30(24)9)23(8)29-27-20(5)14-17(2)15-21(27)6;;;/h10-15H,1-9H3;2*1H3;/q;2*-1;+2. The first-order valence-corrected chi connectivity index (χ1v) is 10.5. The Bertz CT molecular complexity index is 1040. The summed E-state index contributed by atoms with van der Waals surface area (Å²) in [4.78, 5) is 9.96. The van der Waals surface area contributed by atoms with Crippen LogP contribution in [-0.4, -0.2) is 16.0 Å². The van der Waals surface area contributed by atoms with Crippen molar-refractivity contribution in [2.45, 2.75) is 55.4 Å². The fourth-order valence-electron chi connectivity index (χ4n) is 4.39. The summed E-state index contributed by atoms with van der Waals surface area (Å²) in [6, 6.07) is 13.1. The maximum atomic E-state index is 4.98. The van der Waals surface area contributed by atoms with Crippen LogP contribution in [0.25, 0.3) is 0 Å². The zero-order valence-electron chi connectivity index (χ0n) is 22.2. The van der Waals surface area contributed by atoms with Gasteiger partial charge in [-0.1, -0.05) is 35.4 Å². The summed E-state index contributed by atoms with van der Waals surface area (Å²) in [5.74, 6) is 0. The van der Waals surface area contributed by atoms with Crippen molar-refractivity contribution in [1.29, 1.82) is 0 Å². The van der Waals surface area contributed by atoms with Gasteiger partial charge in [0.1, 0.15) is 0 Å². The van der Waals surface area contributed by atoms with Gasteiger partial charge < -0.3 is 19.4 Å². The molecule has 0 bridgehead atoms. The van der Waals surface area contributed by atoms with E-state index in [1.807, 2.05) is 0 Å². The second-order valence-electron chi connectivity index (χ2n) is 8.55. The zero-order chi connectivity index (χ0) is 22.2. The zero-order valence-corrected chi connectivity index (χ0v) is 23.3. The number of nitrogens with zero attached hydrogens (tertiary/aromatic N) is 3. The molecule has 0 unspecified atom stereocenters. The van der Waals surface area contributed by atoms with Gasteiger partial charge in [-0.2, -0.15) is 0 Å². The number of hydrogen-bond donors (Lipinski definition) is 0. The van der Waals surface area contributed by atoms with Gasteiger partial charge in [0.15, 0.2) is 0 Å². The molecular weight excluding hydrogens is 446 g/mol. The minimum atomic E-state index is 0. The third-order valence-electron chi connectivity index (χ3n) is 5.69. The van der Waals surface area contributed by atoms with Crippen molar-refractivity contribution in [2.24, 2.45) is 17.0 Å². The van der Waals surface area contributed by atoms with E-state index >= 15 is 0 Å². The number of aliphatic imine (C=N–C) groups is 2. The van der Waals surface area contributed by atoms with Crippen LogP contribution in [-0.2, 0) is 24.1 Å². The molecule has 2 aromatic carbocycles. The van der Waals surface area contributed by atoms with Gasteiger partial charge in [-0.3, -0.25) is 9.98 Å². The quantitative estimate of drug-likeness (QED) is 0.203. The van der Waals surface area contributed by atoms with Crippen molar-refractivity contribution < 1.29 is 17.1 Å². The van der Waals surface area contributed by atoms with E-state index in [-0.39, 0.29) is 31.9 Å². The van der Waals surface area contributed by atoms with E-state index in [4.69, 9.17) is 9.98 Å². The van der Waals surface area contributed by atoms with Gasteiger partial charge in [0, 0.05) is 7.05 Å². The molecule has 0 aliphatic heterocycles. The Hall–Kier alpha value is -2.42. The Balaban J connectivity index is 0.00000341. The molecule has 0 saturated carbocycles. The van der Waals surface area contributed by atoms with Crippen LogP contribution in [0.3, 0.4) is 0 Å². The number of rotatable bonds is 4. The van der Waals surface area contributed by atoms with Crippen molar-refractivity contribution in [3.05, 3.63) is 96.0 Å². The molecule has 0 radical (unpaired) electrons. The first-order valence-electron chi connectivity index (χ1n) is 10.5. The van der Waals surface area contributed by atoms with Gasteiger partial charge in [-0.05, 0) is 89.8 Å². The molecule has 0 aliphatic rings. The molecule has 0 atom stereocenters. The van der Waals surface area contributed by atoms with Crippen LogP contribution < -0.4 is 0 Å². The van der Waals surface area contributed by atoms with Crippen molar-refractivity contribution >= 4 is 22.8 Å². The summed E-state index contributed by atoms with van der Waals surface area (Å²) >= 11 is 0. The Kier molecular flexibility index (Phi) is 11.3. The van der Waals surface area contributed by atoms with Gasteiger partial charge >= 0.3 is 17.1 Å². The fraction of sp³-hybridized carbons (Fsp3) is 0.310. The molecular formula is C29H39FeN3. The summed E-state index contributed by atoms with van der Waals surface area (Å²) in [5.41, 5.74) is 13.8. The van der Waals surface area contributed by atoms with Crippen molar-refractivity contribution in [3.8, 4) is 0 Å². The van der Waals surface area contributed by atoms with E-state index < -0.39 is 0 Å². The minimum Gasteiger partial charge on any atom is -0.358 e. The minimum absolute atomic E-state index is 0. The third-order valence-corrected chi connectivity index (χ3v) is 5.69. The molecule has 3 aromatic rings. The van der Waals surface area contributed by atoms with Gasteiger partial charge in [0.2, 0.25) is 0 Å². The average molecular weight is 485 g/mol.